The maximum absolute atomic E-state index is 14.5. The average Bonchev–Trinajstić information content (AvgIpc) is 3.58. The molecule has 0 unspecified atom stereocenters. The zero-order valence-corrected chi connectivity index (χ0v) is 28.2. The van der Waals surface area contributed by atoms with Crippen molar-refractivity contribution in [2.45, 2.75) is 77.0 Å². The Morgan fingerprint density at radius 1 is 1.02 bits per heavy atom. The summed E-state index contributed by atoms with van der Waals surface area (Å²) in [5.74, 6) is 0.0921. The van der Waals surface area contributed by atoms with Crippen molar-refractivity contribution in [2.24, 2.45) is 0 Å². The standard InChI is InChI=1S/C38H42FN7O4/c1-2-50-19-17-40-22-25-9-11-26(12-10-25)27-6-5-7-31(20-27)45-35-32(21-28(39)23-41-35)37(48)46(38(45)49)30-15-13-29(14-16-30)42-36(47)33-24-44-18-4-3-8-34(44)43-33/h5-7,9-12,20-21,23-24,29-30,40H,2-4,8,13-19,22H2,1H3,(H,42,47). The van der Waals surface area contributed by atoms with Crippen LogP contribution in [0.5, 0.6) is 0 Å². The first-order valence-corrected chi connectivity index (χ1v) is 17.6. The largest absolute Gasteiger partial charge is 0.380 e. The lowest BCUT2D eigenvalue weighted by Gasteiger charge is -2.30. The molecule has 1 amide bonds. The van der Waals surface area contributed by atoms with Gasteiger partial charge in [-0.2, -0.15) is 0 Å². The van der Waals surface area contributed by atoms with Crippen LogP contribution in [-0.2, 0) is 24.2 Å². The smallest absolute Gasteiger partial charge is 0.337 e. The zero-order valence-electron chi connectivity index (χ0n) is 28.2. The monoisotopic (exact) mass is 679 g/mol. The van der Waals surface area contributed by atoms with E-state index in [1.807, 2.05) is 43.5 Å². The molecule has 2 aliphatic rings. The molecule has 50 heavy (non-hydrogen) atoms. The number of pyridine rings is 1. The summed E-state index contributed by atoms with van der Waals surface area (Å²) in [6.45, 7) is 5.71. The van der Waals surface area contributed by atoms with Crippen LogP contribution in [0, 0.1) is 5.82 Å². The van der Waals surface area contributed by atoms with E-state index in [-0.39, 0.29) is 23.0 Å². The number of fused-ring (bicyclic) bond motifs is 2. The molecule has 11 nitrogen and oxygen atoms in total. The molecular formula is C38H42FN7O4. The van der Waals surface area contributed by atoms with Crippen molar-refractivity contribution < 1.29 is 13.9 Å². The van der Waals surface area contributed by atoms with Gasteiger partial charge in [0.15, 0.2) is 5.65 Å². The third kappa shape index (κ3) is 7.03. The van der Waals surface area contributed by atoms with E-state index in [1.165, 1.54) is 9.13 Å². The molecule has 4 heterocycles. The number of nitrogens with one attached hydrogen (secondary N) is 2. The molecule has 5 aromatic rings. The van der Waals surface area contributed by atoms with Gasteiger partial charge in [0.25, 0.3) is 11.5 Å². The molecule has 7 rings (SSSR count). The molecule has 1 aliphatic carbocycles. The number of hydrogen-bond acceptors (Lipinski definition) is 7. The van der Waals surface area contributed by atoms with E-state index in [9.17, 15) is 18.8 Å². The number of ether oxygens (including phenoxy) is 1. The molecule has 0 bridgehead atoms. The van der Waals surface area contributed by atoms with Crippen molar-refractivity contribution in [3.63, 3.8) is 0 Å². The van der Waals surface area contributed by atoms with Crippen LogP contribution in [0.4, 0.5) is 4.39 Å². The van der Waals surface area contributed by atoms with Gasteiger partial charge in [-0.25, -0.2) is 23.7 Å². The molecule has 1 aliphatic heterocycles. The van der Waals surface area contributed by atoms with Crippen LogP contribution in [0.15, 0.2) is 76.6 Å². The van der Waals surface area contributed by atoms with Crippen LogP contribution in [-0.4, -0.2) is 55.4 Å². The highest BCUT2D eigenvalue weighted by molar-refractivity contribution is 5.92. The lowest BCUT2D eigenvalue weighted by Crippen LogP contribution is -2.45. The minimum atomic E-state index is -0.653. The second-order valence-corrected chi connectivity index (χ2v) is 13.1. The second kappa shape index (κ2) is 14.9. The summed E-state index contributed by atoms with van der Waals surface area (Å²) >= 11 is 0. The quantitative estimate of drug-likeness (QED) is 0.190. The number of nitrogens with zero attached hydrogens (tertiary/aromatic N) is 5. The number of hydrogen-bond donors (Lipinski definition) is 2. The van der Waals surface area contributed by atoms with E-state index in [4.69, 9.17) is 4.74 Å². The number of halogens is 1. The zero-order chi connectivity index (χ0) is 34.6. The predicted molar refractivity (Wildman–Crippen MR) is 189 cm³/mol. The van der Waals surface area contributed by atoms with Crippen molar-refractivity contribution in [2.75, 3.05) is 19.8 Å². The Hall–Kier alpha value is -4.94. The van der Waals surface area contributed by atoms with Gasteiger partial charge in [0, 0.05) is 50.9 Å². The maximum atomic E-state index is 14.5. The second-order valence-electron chi connectivity index (χ2n) is 13.1. The molecule has 1 fully saturated rings. The number of carbonyl (C=O) groups is 1. The van der Waals surface area contributed by atoms with Crippen molar-refractivity contribution in [3.05, 3.63) is 111 Å². The van der Waals surface area contributed by atoms with Crippen LogP contribution in [0.1, 0.15) is 73.4 Å². The van der Waals surface area contributed by atoms with Crippen LogP contribution in [0.2, 0.25) is 0 Å². The van der Waals surface area contributed by atoms with E-state index in [1.54, 1.807) is 6.07 Å². The summed E-state index contributed by atoms with van der Waals surface area (Å²) in [6, 6.07) is 16.3. The van der Waals surface area contributed by atoms with Crippen LogP contribution in [0.3, 0.4) is 0 Å². The number of rotatable bonds is 11. The van der Waals surface area contributed by atoms with Crippen molar-refractivity contribution in [3.8, 4) is 16.8 Å². The highest BCUT2D eigenvalue weighted by atomic mass is 19.1. The Labute approximate surface area is 289 Å². The summed E-state index contributed by atoms with van der Waals surface area (Å²) in [5.41, 5.74) is 2.95. The Morgan fingerprint density at radius 2 is 1.84 bits per heavy atom. The minimum Gasteiger partial charge on any atom is -0.380 e. The summed E-state index contributed by atoms with van der Waals surface area (Å²) in [6.07, 6.45) is 8.06. The van der Waals surface area contributed by atoms with Gasteiger partial charge in [-0.1, -0.05) is 36.4 Å². The molecule has 12 heteroatoms. The van der Waals surface area contributed by atoms with Gasteiger partial charge in [0.2, 0.25) is 0 Å². The Balaban J connectivity index is 1.12. The molecule has 3 aromatic heterocycles. The van der Waals surface area contributed by atoms with Crippen molar-refractivity contribution in [1.82, 2.24) is 34.3 Å². The molecule has 2 N–H and O–H groups in total. The number of aryl methyl sites for hydroxylation is 2. The van der Waals surface area contributed by atoms with E-state index in [0.29, 0.717) is 50.3 Å². The fourth-order valence-electron chi connectivity index (χ4n) is 7.16. The van der Waals surface area contributed by atoms with Crippen LogP contribution in [0.25, 0.3) is 27.8 Å². The Bertz CT molecular complexity index is 2090. The average molecular weight is 680 g/mol. The van der Waals surface area contributed by atoms with Gasteiger partial charge in [-0.05, 0) is 80.3 Å². The first-order chi connectivity index (χ1) is 24.4. The first-order valence-electron chi connectivity index (χ1n) is 17.6. The Kier molecular flexibility index (Phi) is 9.99. The molecule has 2 aromatic carbocycles. The number of carbonyl (C=O) groups excluding carboxylic acids is 1. The third-order valence-electron chi connectivity index (χ3n) is 9.78. The number of aromatic nitrogens is 5. The third-order valence-corrected chi connectivity index (χ3v) is 9.78. The van der Waals surface area contributed by atoms with E-state index in [0.717, 1.165) is 73.7 Å². The molecule has 0 saturated heterocycles. The van der Waals surface area contributed by atoms with Crippen molar-refractivity contribution >= 4 is 16.9 Å². The topological polar surface area (TPSA) is 125 Å². The van der Waals surface area contributed by atoms with E-state index < -0.39 is 23.1 Å². The Morgan fingerprint density at radius 3 is 2.62 bits per heavy atom. The number of benzene rings is 2. The molecule has 0 spiro atoms. The highest BCUT2D eigenvalue weighted by Crippen LogP contribution is 2.29. The summed E-state index contributed by atoms with van der Waals surface area (Å²) < 4.78 is 24.6. The predicted octanol–water partition coefficient (Wildman–Crippen LogP) is 4.93. The fourth-order valence-corrected chi connectivity index (χ4v) is 7.16. The number of amides is 1. The van der Waals surface area contributed by atoms with Gasteiger partial charge in [-0.3, -0.25) is 14.2 Å². The molecular weight excluding hydrogens is 637 g/mol. The molecule has 0 radical (unpaired) electrons. The summed E-state index contributed by atoms with van der Waals surface area (Å²) in [4.78, 5) is 49.9. The van der Waals surface area contributed by atoms with Crippen LogP contribution >= 0.6 is 0 Å². The molecule has 260 valence electrons. The molecule has 0 atom stereocenters. The van der Waals surface area contributed by atoms with Crippen molar-refractivity contribution in [1.29, 1.82) is 0 Å². The lowest BCUT2D eigenvalue weighted by atomic mass is 9.90. The number of imidazole rings is 1. The normalized spacial score (nSPS) is 17.5. The summed E-state index contributed by atoms with van der Waals surface area (Å²) in [5, 5.41) is 6.52. The molecule has 1 saturated carbocycles. The lowest BCUT2D eigenvalue weighted by molar-refractivity contribution is 0.0917. The van der Waals surface area contributed by atoms with Gasteiger partial charge >= 0.3 is 5.69 Å². The van der Waals surface area contributed by atoms with E-state index in [2.05, 4.69) is 37.3 Å². The van der Waals surface area contributed by atoms with Gasteiger partial charge in [0.1, 0.15) is 17.3 Å². The van der Waals surface area contributed by atoms with E-state index >= 15 is 0 Å². The minimum absolute atomic E-state index is 0.0374. The van der Waals surface area contributed by atoms with Gasteiger partial charge < -0.3 is 19.9 Å². The van der Waals surface area contributed by atoms with Gasteiger partial charge in [-0.15, -0.1) is 0 Å². The maximum Gasteiger partial charge on any atom is 0.337 e. The SMILES string of the molecule is CCOCCNCc1ccc(-c2cccc(-n3c(=O)n(C4CCC(NC(=O)c5cn6c(n5)CCCC6)CC4)c(=O)c4cc(F)cnc43)c2)cc1. The fraction of sp³-hybridized carbons (Fsp3) is 0.395. The highest BCUT2D eigenvalue weighted by Gasteiger charge is 2.29. The van der Waals surface area contributed by atoms with Gasteiger partial charge in [0.05, 0.1) is 23.9 Å². The first kappa shape index (κ1) is 33.6. The summed E-state index contributed by atoms with van der Waals surface area (Å²) in [7, 11) is 0. The van der Waals surface area contributed by atoms with Crippen LogP contribution < -0.4 is 21.9 Å².